The van der Waals surface area contributed by atoms with Crippen LogP contribution in [0.15, 0.2) is 18.3 Å². The van der Waals surface area contributed by atoms with E-state index in [1.165, 1.54) is 6.92 Å². The van der Waals surface area contributed by atoms with Crippen molar-refractivity contribution in [3.8, 4) is 0 Å². The van der Waals surface area contributed by atoms with Gasteiger partial charge in [0.2, 0.25) is 5.91 Å². The molecule has 0 bridgehead atoms. The minimum atomic E-state index is -0.0685. The fourth-order valence-electron chi connectivity index (χ4n) is 0.911. The Bertz CT molecular complexity index is 266. The third-order valence-electron chi connectivity index (χ3n) is 1.51. The number of rotatable bonds is 2. The molecule has 64 valence electrons. The summed E-state index contributed by atoms with van der Waals surface area (Å²) < 4.78 is 0. The van der Waals surface area contributed by atoms with Crippen LogP contribution in [-0.4, -0.2) is 10.9 Å². The van der Waals surface area contributed by atoms with Crippen molar-refractivity contribution in [3.63, 3.8) is 0 Å². The summed E-state index contributed by atoms with van der Waals surface area (Å²) in [5.74, 6) is -0.0685. The van der Waals surface area contributed by atoms with Crippen molar-refractivity contribution in [1.29, 1.82) is 0 Å². The van der Waals surface area contributed by atoms with Crippen molar-refractivity contribution in [2.24, 2.45) is 0 Å². The Morgan fingerprint density at radius 3 is 2.75 bits per heavy atom. The van der Waals surface area contributed by atoms with Crippen LogP contribution in [-0.2, 0) is 11.2 Å². The van der Waals surface area contributed by atoms with E-state index < -0.39 is 0 Å². The van der Waals surface area contributed by atoms with Crippen LogP contribution >= 0.6 is 0 Å². The van der Waals surface area contributed by atoms with Crippen LogP contribution in [0.4, 0.5) is 5.69 Å². The normalized spacial score (nSPS) is 9.50. The summed E-state index contributed by atoms with van der Waals surface area (Å²) in [6.45, 7) is 3.52. The van der Waals surface area contributed by atoms with Gasteiger partial charge in [-0.25, -0.2) is 0 Å². The highest BCUT2D eigenvalue weighted by molar-refractivity contribution is 5.88. The van der Waals surface area contributed by atoms with Crippen molar-refractivity contribution in [3.05, 3.63) is 24.0 Å². The summed E-state index contributed by atoms with van der Waals surface area (Å²) in [5.41, 5.74) is 1.78. The van der Waals surface area contributed by atoms with E-state index in [1.807, 2.05) is 19.1 Å². The van der Waals surface area contributed by atoms with Crippen LogP contribution in [0.1, 0.15) is 19.5 Å². The monoisotopic (exact) mass is 164 g/mol. The van der Waals surface area contributed by atoms with E-state index in [-0.39, 0.29) is 5.91 Å². The van der Waals surface area contributed by atoms with E-state index >= 15 is 0 Å². The van der Waals surface area contributed by atoms with Crippen LogP contribution in [0.3, 0.4) is 0 Å². The fourth-order valence-corrected chi connectivity index (χ4v) is 0.911. The number of nitrogens with one attached hydrogen (secondary N) is 1. The van der Waals surface area contributed by atoms with Gasteiger partial charge in [0.15, 0.2) is 0 Å². The Labute approximate surface area is 71.8 Å². The standard InChI is InChI=1S/C9H12N2O/c1-3-8-4-5-9(6-10-8)11-7(2)12/h4-6H,3H2,1-2H3,(H,11,12). The summed E-state index contributed by atoms with van der Waals surface area (Å²) in [6.07, 6.45) is 2.58. The average Bonchev–Trinajstić information content (AvgIpc) is 2.05. The third-order valence-corrected chi connectivity index (χ3v) is 1.51. The summed E-state index contributed by atoms with van der Waals surface area (Å²) in [7, 11) is 0. The lowest BCUT2D eigenvalue weighted by molar-refractivity contribution is -0.114. The SMILES string of the molecule is CCc1ccc(NC(C)=O)cn1. The number of hydrogen-bond donors (Lipinski definition) is 1. The molecule has 0 unspecified atom stereocenters. The summed E-state index contributed by atoms with van der Waals surface area (Å²) in [5, 5.41) is 2.65. The Morgan fingerprint density at radius 2 is 2.33 bits per heavy atom. The molecular weight excluding hydrogens is 152 g/mol. The van der Waals surface area contributed by atoms with Crippen LogP contribution in [0.5, 0.6) is 0 Å². The minimum absolute atomic E-state index is 0.0685. The number of aromatic nitrogens is 1. The highest BCUT2D eigenvalue weighted by atomic mass is 16.1. The molecule has 0 aromatic carbocycles. The van der Waals surface area contributed by atoms with E-state index in [4.69, 9.17) is 0 Å². The van der Waals surface area contributed by atoms with E-state index in [2.05, 4.69) is 10.3 Å². The number of nitrogens with zero attached hydrogens (tertiary/aromatic N) is 1. The first-order valence-corrected chi connectivity index (χ1v) is 3.95. The minimum Gasteiger partial charge on any atom is -0.325 e. The largest absolute Gasteiger partial charge is 0.325 e. The number of hydrogen-bond acceptors (Lipinski definition) is 2. The Kier molecular flexibility index (Phi) is 2.80. The van der Waals surface area contributed by atoms with Gasteiger partial charge in [0.05, 0.1) is 11.9 Å². The Balaban J connectivity index is 2.71. The molecule has 0 aliphatic rings. The Morgan fingerprint density at radius 1 is 1.58 bits per heavy atom. The first-order chi connectivity index (χ1) is 5.72. The van der Waals surface area contributed by atoms with Crippen LogP contribution in [0.25, 0.3) is 0 Å². The van der Waals surface area contributed by atoms with Crippen molar-refractivity contribution in [2.75, 3.05) is 5.32 Å². The number of carbonyl (C=O) groups excluding carboxylic acids is 1. The fraction of sp³-hybridized carbons (Fsp3) is 0.333. The van der Waals surface area contributed by atoms with Gasteiger partial charge in [-0.3, -0.25) is 9.78 Å². The molecule has 0 saturated carbocycles. The van der Waals surface area contributed by atoms with Crippen molar-refractivity contribution in [1.82, 2.24) is 4.98 Å². The van der Waals surface area contributed by atoms with Gasteiger partial charge in [-0.1, -0.05) is 6.92 Å². The van der Waals surface area contributed by atoms with Crippen LogP contribution in [0, 0.1) is 0 Å². The van der Waals surface area contributed by atoms with Gasteiger partial charge in [0.1, 0.15) is 0 Å². The quantitative estimate of drug-likeness (QED) is 0.721. The third kappa shape index (κ3) is 2.34. The van der Waals surface area contributed by atoms with E-state index in [1.54, 1.807) is 6.20 Å². The molecule has 0 fully saturated rings. The maximum absolute atomic E-state index is 10.6. The molecule has 0 atom stereocenters. The van der Waals surface area contributed by atoms with E-state index in [0.717, 1.165) is 17.8 Å². The molecule has 0 aliphatic heterocycles. The van der Waals surface area contributed by atoms with E-state index in [9.17, 15) is 4.79 Å². The first-order valence-electron chi connectivity index (χ1n) is 3.95. The lowest BCUT2D eigenvalue weighted by Crippen LogP contribution is -2.06. The number of amides is 1. The topological polar surface area (TPSA) is 42.0 Å². The van der Waals surface area contributed by atoms with Crippen molar-refractivity contribution >= 4 is 11.6 Å². The van der Waals surface area contributed by atoms with Gasteiger partial charge in [-0.05, 0) is 18.6 Å². The smallest absolute Gasteiger partial charge is 0.221 e. The molecule has 1 aromatic rings. The molecule has 1 heterocycles. The molecule has 1 rings (SSSR count). The van der Waals surface area contributed by atoms with Gasteiger partial charge in [0.25, 0.3) is 0 Å². The molecule has 1 amide bonds. The van der Waals surface area contributed by atoms with E-state index in [0.29, 0.717) is 0 Å². The lowest BCUT2D eigenvalue weighted by atomic mass is 10.3. The summed E-state index contributed by atoms with van der Waals surface area (Å²) >= 11 is 0. The molecule has 0 saturated heterocycles. The number of anilines is 1. The maximum Gasteiger partial charge on any atom is 0.221 e. The molecule has 1 aromatic heterocycles. The van der Waals surface area contributed by atoms with Crippen LogP contribution in [0.2, 0.25) is 0 Å². The first kappa shape index (κ1) is 8.71. The molecule has 3 nitrogen and oxygen atoms in total. The number of carbonyl (C=O) groups is 1. The molecule has 12 heavy (non-hydrogen) atoms. The molecule has 3 heteroatoms. The zero-order valence-electron chi connectivity index (χ0n) is 7.29. The van der Waals surface area contributed by atoms with Gasteiger partial charge in [-0.2, -0.15) is 0 Å². The number of pyridine rings is 1. The second-order valence-electron chi connectivity index (χ2n) is 2.57. The van der Waals surface area contributed by atoms with Gasteiger partial charge in [-0.15, -0.1) is 0 Å². The molecule has 1 N–H and O–H groups in total. The predicted molar refractivity (Wildman–Crippen MR) is 47.9 cm³/mol. The molecule has 0 aliphatic carbocycles. The lowest BCUT2D eigenvalue weighted by Gasteiger charge is -2.01. The van der Waals surface area contributed by atoms with Crippen molar-refractivity contribution < 1.29 is 4.79 Å². The van der Waals surface area contributed by atoms with Crippen LogP contribution < -0.4 is 5.32 Å². The van der Waals surface area contributed by atoms with Gasteiger partial charge in [0, 0.05) is 12.6 Å². The van der Waals surface area contributed by atoms with Gasteiger partial charge < -0.3 is 5.32 Å². The highest BCUT2D eigenvalue weighted by Gasteiger charge is 1.95. The second kappa shape index (κ2) is 3.85. The van der Waals surface area contributed by atoms with Crippen molar-refractivity contribution in [2.45, 2.75) is 20.3 Å². The number of aryl methyl sites for hydroxylation is 1. The average molecular weight is 164 g/mol. The zero-order valence-corrected chi connectivity index (χ0v) is 7.29. The Hall–Kier alpha value is -1.38. The second-order valence-corrected chi connectivity index (χ2v) is 2.57. The van der Waals surface area contributed by atoms with Gasteiger partial charge >= 0.3 is 0 Å². The molecule has 0 radical (unpaired) electrons. The highest BCUT2D eigenvalue weighted by Crippen LogP contribution is 2.05. The zero-order chi connectivity index (χ0) is 8.97. The maximum atomic E-state index is 10.6. The molecule has 0 spiro atoms. The molecular formula is C9H12N2O. The summed E-state index contributed by atoms with van der Waals surface area (Å²) in [6, 6.07) is 3.76. The predicted octanol–water partition coefficient (Wildman–Crippen LogP) is 1.60. The summed E-state index contributed by atoms with van der Waals surface area (Å²) in [4.78, 5) is 14.8.